The van der Waals surface area contributed by atoms with Crippen LogP contribution in [-0.2, 0) is 22.3 Å². The Bertz CT molecular complexity index is 1100. The maximum absolute atomic E-state index is 13.2. The van der Waals surface area contributed by atoms with E-state index in [1.807, 2.05) is 0 Å². The second-order valence-electron chi connectivity index (χ2n) is 6.38. The molecule has 156 valence electrons. The molecule has 0 aliphatic carbocycles. The number of urea groups is 1. The van der Waals surface area contributed by atoms with Gasteiger partial charge in [0.1, 0.15) is 11.6 Å². The molecule has 0 saturated carbocycles. The predicted octanol–water partition coefficient (Wildman–Crippen LogP) is 3.62. The average Bonchev–Trinajstić information content (AvgIpc) is 2.67. The van der Waals surface area contributed by atoms with Crippen molar-refractivity contribution in [2.45, 2.75) is 12.3 Å². The number of pyridine rings is 1. The highest BCUT2D eigenvalue weighted by Crippen LogP contribution is 2.17. The quantitative estimate of drug-likeness (QED) is 0.531. The van der Waals surface area contributed by atoms with Gasteiger partial charge < -0.3 is 10.6 Å². The van der Waals surface area contributed by atoms with Crippen LogP contribution >= 0.6 is 0 Å². The van der Waals surface area contributed by atoms with Gasteiger partial charge in [0.15, 0.2) is 0 Å². The molecule has 0 atom stereocenters. The van der Waals surface area contributed by atoms with Gasteiger partial charge in [-0.1, -0.05) is 0 Å². The first-order chi connectivity index (χ1) is 14.3. The van der Waals surface area contributed by atoms with E-state index in [0.29, 0.717) is 18.3 Å². The SMILES string of the molecule is O=C(NCc1ccncc1)Nc1ccc(NS(=O)(=O)Cc2cc(F)cc(F)c2)cc1. The van der Waals surface area contributed by atoms with Crippen LogP contribution in [0.1, 0.15) is 11.1 Å². The first-order valence-electron chi connectivity index (χ1n) is 8.78. The summed E-state index contributed by atoms with van der Waals surface area (Å²) in [6.45, 7) is 0.326. The van der Waals surface area contributed by atoms with Crippen LogP contribution < -0.4 is 15.4 Å². The highest BCUT2D eigenvalue weighted by Gasteiger charge is 2.14. The number of aromatic nitrogens is 1. The Morgan fingerprint density at radius 1 is 0.867 bits per heavy atom. The Hall–Kier alpha value is -3.53. The lowest BCUT2D eigenvalue weighted by Crippen LogP contribution is -2.28. The molecule has 0 spiro atoms. The summed E-state index contributed by atoms with van der Waals surface area (Å²) >= 11 is 0. The minimum Gasteiger partial charge on any atom is -0.334 e. The molecule has 2 aromatic carbocycles. The number of carbonyl (C=O) groups excluding carboxylic acids is 1. The van der Waals surface area contributed by atoms with E-state index in [0.717, 1.165) is 17.7 Å². The Labute approximate surface area is 172 Å². The number of hydrogen-bond donors (Lipinski definition) is 3. The maximum Gasteiger partial charge on any atom is 0.319 e. The zero-order valence-electron chi connectivity index (χ0n) is 15.6. The van der Waals surface area contributed by atoms with Gasteiger partial charge in [0, 0.05) is 36.4 Å². The number of rotatable bonds is 7. The van der Waals surface area contributed by atoms with Crippen molar-refractivity contribution in [3.8, 4) is 0 Å². The Kier molecular flexibility index (Phi) is 6.58. The van der Waals surface area contributed by atoms with E-state index < -0.39 is 33.4 Å². The van der Waals surface area contributed by atoms with Crippen LogP contribution in [0, 0.1) is 11.6 Å². The predicted molar refractivity (Wildman–Crippen MR) is 109 cm³/mol. The van der Waals surface area contributed by atoms with Crippen LogP contribution in [0.5, 0.6) is 0 Å². The summed E-state index contributed by atoms with van der Waals surface area (Å²) in [6, 6.07) is 11.7. The van der Waals surface area contributed by atoms with Crippen LogP contribution in [0.15, 0.2) is 67.0 Å². The lowest BCUT2D eigenvalue weighted by Gasteiger charge is -2.10. The molecule has 0 aliphatic rings. The van der Waals surface area contributed by atoms with Crippen molar-refractivity contribution < 1.29 is 22.0 Å². The van der Waals surface area contributed by atoms with E-state index in [-0.39, 0.29) is 11.3 Å². The molecule has 2 amide bonds. The minimum absolute atomic E-state index is 0.0100. The molecule has 3 rings (SSSR count). The lowest BCUT2D eigenvalue weighted by atomic mass is 10.2. The van der Waals surface area contributed by atoms with Gasteiger partial charge in [-0.2, -0.15) is 0 Å². The van der Waals surface area contributed by atoms with Gasteiger partial charge in [-0.05, 0) is 59.7 Å². The topological polar surface area (TPSA) is 100 Å². The summed E-state index contributed by atoms with van der Waals surface area (Å²) in [5.41, 5.74) is 1.58. The largest absolute Gasteiger partial charge is 0.334 e. The van der Waals surface area contributed by atoms with Crippen molar-refractivity contribution in [3.63, 3.8) is 0 Å². The molecule has 0 aliphatic heterocycles. The number of amides is 2. The third-order valence-electron chi connectivity index (χ3n) is 3.90. The monoisotopic (exact) mass is 432 g/mol. The molecule has 10 heteroatoms. The molecular weight excluding hydrogens is 414 g/mol. The summed E-state index contributed by atoms with van der Waals surface area (Å²) in [5, 5.41) is 5.31. The van der Waals surface area contributed by atoms with E-state index in [9.17, 15) is 22.0 Å². The maximum atomic E-state index is 13.2. The van der Waals surface area contributed by atoms with Gasteiger partial charge in [0.05, 0.1) is 5.75 Å². The second kappa shape index (κ2) is 9.31. The molecule has 7 nitrogen and oxygen atoms in total. The Morgan fingerprint density at radius 2 is 1.47 bits per heavy atom. The molecule has 1 heterocycles. The number of carbonyl (C=O) groups is 1. The van der Waals surface area contributed by atoms with Crippen molar-refractivity contribution in [1.29, 1.82) is 0 Å². The number of anilines is 2. The molecule has 3 aromatic rings. The molecule has 0 unspecified atom stereocenters. The van der Waals surface area contributed by atoms with Crippen LogP contribution in [0.3, 0.4) is 0 Å². The number of halogens is 2. The Morgan fingerprint density at radius 3 is 2.10 bits per heavy atom. The van der Waals surface area contributed by atoms with Crippen LogP contribution in [0.4, 0.5) is 25.0 Å². The summed E-state index contributed by atoms with van der Waals surface area (Å²) < 4.78 is 53.3. The molecule has 30 heavy (non-hydrogen) atoms. The van der Waals surface area contributed by atoms with Gasteiger partial charge in [0.2, 0.25) is 10.0 Å². The molecular formula is C20H18F2N4O3S. The van der Waals surface area contributed by atoms with E-state index in [1.165, 1.54) is 24.3 Å². The summed E-state index contributed by atoms with van der Waals surface area (Å²) in [4.78, 5) is 15.8. The molecule has 3 N–H and O–H groups in total. The van der Waals surface area contributed by atoms with Gasteiger partial charge in [-0.3, -0.25) is 9.71 Å². The number of nitrogens with zero attached hydrogens (tertiary/aromatic N) is 1. The van der Waals surface area contributed by atoms with E-state index >= 15 is 0 Å². The van der Waals surface area contributed by atoms with Crippen LogP contribution in [0.2, 0.25) is 0 Å². The van der Waals surface area contributed by atoms with Gasteiger partial charge in [0.25, 0.3) is 0 Å². The second-order valence-corrected chi connectivity index (χ2v) is 8.10. The number of benzene rings is 2. The molecule has 0 saturated heterocycles. The van der Waals surface area contributed by atoms with E-state index in [2.05, 4.69) is 20.3 Å². The number of sulfonamides is 1. The highest BCUT2D eigenvalue weighted by molar-refractivity contribution is 7.91. The fraction of sp³-hybridized carbons (Fsp3) is 0.100. The van der Waals surface area contributed by atoms with Crippen molar-refractivity contribution in [2.24, 2.45) is 0 Å². The molecule has 1 aromatic heterocycles. The number of nitrogens with one attached hydrogen (secondary N) is 3. The fourth-order valence-electron chi connectivity index (χ4n) is 2.61. The van der Waals surface area contributed by atoms with E-state index in [1.54, 1.807) is 24.5 Å². The van der Waals surface area contributed by atoms with Crippen LogP contribution in [0.25, 0.3) is 0 Å². The number of hydrogen-bond acceptors (Lipinski definition) is 4. The van der Waals surface area contributed by atoms with Crippen molar-refractivity contribution in [3.05, 3.63) is 89.8 Å². The van der Waals surface area contributed by atoms with Crippen LogP contribution in [-0.4, -0.2) is 19.4 Å². The normalized spacial score (nSPS) is 11.0. The first-order valence-corrected chi connectivity index (χ1v) is 10.4. The summed E-state index contributed by atoms with van der Waals surface area (Å²) in [6.07, 6.45) is 3.25. The van der Waals surface area contributed by atoms with Gasteiger partial charge >= 0.3 is 6.03 Å². The zero-order valence-corrected chi connectivity index (χ0v) is 16.4. The fourth-order valence-corrected chi connectivity index (χ4v) is 3.78. The average molecular weight is 432 g/mol. The Balaban J connectivity index is 1.55. The highest BCUT2D eigenvalue weighted by atomic mass is 32.2. The molecule has 0 bridgehead atoms. The first kappa shape index (κ1) is 21.2. The molecule has 0 fully saturated rings. The smallest absolute Gasteiger partial charge is 0.319 e. The summed E-state index contributed by atoms with van der Waals surface area (Å²) in [5.74, 6) is -2.28. The summed E-state index contributed by atoms with van der Waals surface area (Å²) in [7, 11) is -3.88. The lowest BCUT2D eigenvalue weighted by molar-refractivity contribution is 0.251. The third-order valence-corrected chi connectivity index (χ3v) is 5.16. The molecule has 0 radical (unpaired) electrons. The standard InChI is InChI=1S/C20H18F2N4O3S/c21-16-9-15(10-17(22)11-16)13-30(28,29)26-19-3-1-18(2-4-19)25-20(27)24-12-14-5-7-23-8-6-14/h1-11,26H,12-13H2,(H2,24,25,27). The van der Waals surface area contributed by atoms with Gasteiger partial charge in [-0.15, -0.1) is 0 Å². The third kappa shape index (κ3) is 6.52. The van der Waals surface area contributed by atoms with Crippen molar-refractivity contribution >= 4 is 27.4 Å². The van der Waals surface area contributed by atoms with E-state index in [4.69, 9.17) is 0 Å². The minimum atomic E-state index is -3.88. The van der Waals surface area contributed by atoms with Crippen molar-refractivity contribution in [1.82, 2.24) is 10.3 Å². The van der Waals surface area contributed by atoms with Gasteiger partial charge in [-0.25, -0.2) is 22.0 Å². The van der Waals surface area contributed by atoms with Crippen molar-refractivity contribution in [2.75, 3.05) is 10.0 Å². The zero-order chi connectivity index (χ0) is 21.6.